The number of carbonyl (C=O) groups excluding carboxylic acids is 1. The Kier molecular flexibility index (Phi) is 6.52. The molecule has 0 bridgehead atoms. The van der Waals surface area contributed by atoms with E-state index in [1.165, 1.54) is 16.4 Å². The lowest BCUT2D eigenvalue weighted by molar-refractivity contribution is -0.126. The lowest BCUT2D eigenvalue weighted by atomic mass is 9.98. The minimum absolute atomic E-state index is 0.153. The average molecular weight is 469 g/mol. The van der Waals surface area contributed by atoms with Crippen LogP contribution in [-0.4, -0.2) is 31.7 Å². The number of amides is 1. The Morgan fingerprint density at radius 3 is 2.46 bits per heavy atom. The molecule has 0 saturated carbocycles. The van der Waals surface area contributed by atoms with Crippen LogP contribution in [0.2, 0.25) is 0 Å². The lowest BCUT2D eigenvalue weighted by Gasteiger charge is -2.32. The third kappa shape index (κ3) is 4.79. The highest BCUT2D eigenvalue weighted by molar-refractivity contribution is 9.10. The largest absolute Gasteiger partial charge is 0.349 e. The molecule has 28 heavy (non-hydrogen) atoms. The second kappa shape index (κ2) is 8.71. The number of nitrogens with one attached hydrogen (secondary N) is 1. The van der Waals surface area contributed by atoms with Gasteiger partial charge in [-0.3, -0.25) is 4.79 Å². The zero-order valence-electron chi connectivity index (χ0n) is 15.4. The third-order valence-electron chi connectivity index (χ3n) is 4.94. The molecular weight excluding hydrogens is 447 g/mol. The van der Waals surface area contributed by atoms with E-state index in [1.807, 2.05) is 6.92 Å². The molecule has 2 atom stereocenters. The molecule has 0 radical (unpaired) electrons. The number of rotatable bonds is 5. The number of hydrogen-bond donors (Lipinski definition) is 1. The molecular formula is C20H22BrFN2O3S. The summed E-state index contributed by atoms with van der Waals surface area (Å²) in [5.41, 5.74) is 0.796. The van der Waals surface area contributed by atoms with Gasteiger partial charge < -0.3 is 5.32 Å². The summed E-state index contributed by atoms with van der Waals surface area (Å²) in [6.07, 6.45) is 1.26. The van der Waals surface area contributed by atoms with Gasteiger partial charge in [0.05, 0.1) is 16.9 Å². The summed E-state index contributed by atoms with van der Waals surface area (Å²) in [6.45, 7) is 2.38. The van der Waals surface area contributed by atoms with Gasteiger partial charge in [0.25, 0.3) is 0 Å². The molecule has 0 spiro atoms. The summed E-state index contributed by atoms with van der Waals surface area (Å²) in [7, 11) is -3.64. The van der Waals surface area contributed by atoms with E-state index in [0.717, 1.165) is 10.0 Å². The second-order valence-corrected chi connectivity index (χ2v) is 9.79. The Hall–Kier alpha value is -1.77. The lowest BCUT2D eigenvalue weighted by Crippen LogP contribution is -2.45. The van der Waals surface area contributed by atoms with Gasteiger partial charge >= 0.3 is 0 Å². The van der Waals surface area contributed by atoms with Crippen molar-refractivity contribution < 1.29 is 17.6 Å². The fourth-order valence-corrected chi connectivity index (χ4v) is 5.08. The van der Waals surface area contributed by atoms with Crippen molar-refractivity contribution in [1.29, 1.82) is 0 Å². The van der Waals surface area contributed by atoms with Gasteiger partial charge in [-0.05, 0) is 61.7 Å². The molecule has 1 saturated heterocycles. The number of carbonyl (C=O) groups is 1. The SMILES string of the molecule is C[C@@H](NC(=O)[C@@H]1CCCN(S(=O)(=O)c2ccc(Br)cc2)C1)c1ccc(F)cc1. The predicted molar refractivity (Wildman–Crippen MR) is 109 cm³/mol. The van der Waals surface area contributed by atoms with Crippen LogP contribution in [0.15, 0.2) is 57.9 Å². The van der Waals surface area contributed by atoms with Crippen LogP contribution in [0.1, 0.15) is 31.4 Å². The van der Waals surface area contributed by atoms with Gasteiger partial charge in [0, 0.05) is 17.6 Å². The van der Waals surface area contributed by atoms with Gasteiger partial charge in [-0.15, -0.1) is 0 Å². The first-order valence-electron chi connectivity index (χ1n) is 9.09. The summed E-state index contributed by atoms with van der Waals surface area (Å²) in [4.78, 5) is 12.9. The first-order valence-corrected chi connectivity index (χ1v) is 11.3. The van der Waals surface area contributed by atoms with Crippen LogP contribution in [0, 0.1) is 11.7 Å². The molecule has 3 rings (SSSR count). The molecule has 1 aliphatic rings. The first kappa shape index (κ1) is 21.0. The smallest absolute Gasteiger partial charge is 0.243 e. The summed E-state index contributed by atoms with van der Waals surface area (Å²) in [5, 5.41) is 2.92. The molecule has 1 amide bonds. The monoisotopic (exact) mass is 468 g/mol. The molecule has 1 fully saturated rings. The van der Waals surface area contributed by atoms with Crippen LogP contribution in [0.4, 0.5) is 4.39 Å². The van der Waals surface area contributed by atoms with Crippen LogP contribution in [-0.2, 0) is 14.8 Å². The van der Waals surface area contributed by atoms with Crippen LogP contribution in [0.5, 0.6) is 0 Å². The molecule has 0 aromatic heterocycles. The molecule has 150 valence electrons. The van der Waals surface area contributed by atoms with Gasteiger partial charge in [0.2, 0.25) is 15.9 Å². The predicted octanol–water partition coefficient (Wildman–Crippen LogP) is 3.87. The summed E-state index contributed by atoms with van der Waals surface area (Å²) < 4.78 is 41.0. The molecule has 0 aliphatic carbocycles. The zero-order valence-corrected chi connectivity index (χ0v) is 17.8. The van der Waals surface area contributed by atoms with Crippen molar-refractivity contribution in [3.63, 3.8) is 0 Å². The minimum Gasteiger partial charge on any atom is -0.349 e. The number of sulfonamides is 1. The maximum Gasteiger partial charge on any atom is 0.243 e. The summed E-state index contributed by atoms with van der Waals surface area (Å²) in [6, 6.07) is 12.2. The molecule has 0 unspecified atom stereocenters. The highest BCUT2D eigenvalue weighted by Crippen LogP contribution is 2.25. The van der Waals surface area contributed by atoms with E-state index in [-0.39, 0.29) is 29.2 Å². The van der Waals surface area contributed by atoms with Crippen molar-refractivity contribution in [2.45, 2.75) is 30.7 Å². The van der Waals surface area contributed by atoms with E-state index in [2.05, 4.69) is 21.2 Å². The quantitative estimate of drug-likeness (QED) is 0.723. The van der Waals surface area contributed by atoms with Crippen LogP contribution < -0.4 is 5.32 Å². The Morgan fingerprint density at radius 1 is 1.18 bits per heavy atom. The molecule has 2 aromatic carbocycles. The van der Waals surface area contributed by atoms with Crippen LogP contribution >= 0.6 is 15.9 Å². The van der Waals surface area contributed by atoms with E-state index in [1.54, 1.807) is 36.4 Å². The van der Waals surface area contributed by atoms with Crippen molar-refractivity contribution in [1.82, 2.24) is 9.62 Å². The Balaban J connectivity index is 1.67. The third-order valence-corrected chi connectivity index (χ3v) is 7.34. The summed E-state index contributed by atoms with van der Waals surface area (Å²) in [5.74, 6) is -0.933. The highest BCUT2D eigenvalue weighted by Gasteiger charge is 2.33. The standard InChI is InChI=1S/C20H22BrFN2O3S/c1-14(15-4-8-18(22)9-5-15)23-20(25)16-3-2-12-24(13-16)28(26,27)19-10-6-17(21)7-11-19/h4-11,14,16H,2-3,12-13H2,1H3,(H,23,25)/t14-,16-/m1/s1. The minimum atomic E-state index is -3.64. The van der Waals surface area contributed by atoms with Crippen LogP contribution in [0.3, 0.4) is 0 Å². The normalized spacial score (nSPS) is 19.2. The highest BCUT2D eigenvalue weighted by atomic mass is 79.9. The summed E-state index contributed by atoms with van der Waals surface area (Å²) >= 11 is 3.30. The van der Waals surface area contributed by atoms with Gasteiger partial charge in [-0.2, -0.15) is 4.31 Å². The van der Waals surface area contributed by atoms with E-state index in [9.17, 15) is 17.6 Å². The average Bonchev–Trinajstić information content (AvgIpc) is 2.69. The van der Waals surface area contributed by atoms with Crippen molar-refractivity contribution in [2.75, 3.05) is 13.1 Å². The van der Waals surface area contributed by atoms with E-state index in [4.69, 9.17) is 0 Å². The number of hydrogen-bond acceptors (Lipinski definition) is 3. The number of halogens is 2. The molecule has 1 N–H and O–H groups in total. The molecule has 2 aromatic rings. The zero-order chi connectivity index (χ0) is 20.3. The fraction of sp³-hybridized carbons (Fsp3) is 0.350. The van der Waals surface area contributed by atoms with Gasteiger partial charge in [-0.1, -0.05) is 28.1 Å². The van der Waals surface area contributed by atoms with Crippen LogP contribution in [0.25, 0.3) is 0 Å². The molecule has 1 aliphatic heterocycles. The van der Waals surface area contributed by atoms with E-state index >= 15 is 0 Å². The fourth-order valence-electron chi connectivity index (χ4n) is 3.30. The van der Waals surface area contributed by atoms with Gasteiger partial charge in [0.1, 0.15) is 5.82 Å². The van der Waals surface area contributed by atoms with Gasteiger partial charge in [-0.25, -0.2) is 12.8 Å². The maximum absolute atomic E-state index is 13.1. The number of piperidine rings is 1. The van der Waals surface area contributed by atoms with Crippen molar-refractivity contribution >= 4 is 31.9 Å². The molecule has 8 heteroatoms. The molecule has 5 nitrogen and oxygen atoms in total. The Morgan fingerprint density at radius 2 is 1.82 bits per heavy atom. The Bertz CT molecular complexity index is 933. The first-order chi connectivity index (χ1) is 13.3. The Labute approximate surface area is 173 Å². The van der Waals surface area contributed by atoms with Crippen molar-refractivity contribution in [2.24, 2.45) is 5.92 Å². The topological polar surface area (TPSA) is 66.5 Å². The molecule has 1 heterocycles. The maximum atomic E-state index is 13.1. The van der Waals surface area contributed by atoms with E-state index in [0.29, 0.717) is 19.4 Å². The van der Waals surface area contributed by atoms with Crippen molar-refractivity contribution in [3.8, 4) is 0 Å². The van der Waals surface area contributed by atoms with Gasteiger partial charge in [0.15, 0.2) is 0 Å². The van der Waals surface area contributed by atoms with E-state index < -0.39 is 15.9 Å². The van der Waals surface area contributed by atoms with Crippen molar-refractivity contribution in [3.05, 3.63) is 64.4 Å². The number of benzene rings is 2. The second-order valence-electron chi connectivity index (χ2n) is 6.94. The number of nitrogens with zero attached hydrogens (tertiary/aromatic N) is 1.